The van der Waals surface area contributed by atoms with Crippen molar-refractivity contribution in [3.63, 3.8) is 0 Å². The van der Waals surface area contributed by atoms with Crippen LogP contribution in [0.1, 0.15) is 51.6 Å². The standard InChI is InChI=1S/C19H20N4S.C4H5NO/c1-5-14-6-8-15(9-7-14)18-17-11(2)12(3)24-19(17)23-13(4)21-22-16(23)10-20-18;1-4-5-2-3-6-4/h6-9H,5,10H2,1-4H3;2-3H,1H3. The smallest absolute Gasteiger partial charge is 0.190 e. The second-order valence-electron chi connectivity index (χ2n) is 7.23. The molecule has 4 aromatic rings. The third-order valence-electron chi connectivity index (χ3n) is 5.27. The molecule has 7 heteroatoms. The molecule has 4 heterocycles. The van der Waals surface area contributed by atoms with Gasteiger partial charge in [0.15, 0.2) is 11.7 Å². The normalized spacial score (nSPS) is 12.4. The molecule has 0 radical (unpaired) electrons. The molecule has 0 bridgehead atoms. The zero-order valence-electron chi connectivity index (χ0n) is 17.9. The third kappa shape index (κ3) is 3.73. The Kier molecular flexibility index (Phi) is 5.63. The summed E-state index contributed by atoms with van der Waals surface area (Å²) in [6.07, 6.45) is 4.22. The molecule has 1 aliphatic rings. The number of aliphatic imine (C=N–C) groups is 1. The fraction of sp³-hybridized carbons (Fsp3) is 0.304. The molecule has 0 saturated heterocycles. The van der Waals surface area contributed by atoms with Crippen molar-refractivity contribution in [3.8, 4) is 5.00 Å². The molecule has 0 aliphatic carbocycles. The van der Waals surface area contributed by atoms with Crippen LogP contribution in [-0.2, 0) is 13.0 Å². The second-order valence-corrected chi connectivity index (χ2v) is 8.43. The van der Waals surface area contributed by atoms with Gasteiger partial charge in [-0.25, -0.2) is 4.98 Å². The fourth-order valence-corrected chi connectivity index (χ4v) is 4.70. The van der Waals surface area contributed by atoms with Crippen LogP contribution < -0.4 is 0 Å². The Morgan fingerprint density at radius 1 is 1.07 bits per heavy atom. The molecular formula is C23H25N5OS. The Balaban J connectivity index is 0.000000313. The lowest BCUT2D eigenvalue weighted by molar-refractivity contribution is 0.521. The number of benzene rings is 1. The Labute approximate surface area is 180 Å². The van der Waals surface area contributed by atoms with Crippen LogP contribution in [0, 0.1) is 27.7 Å². The van der Waals surface area contributed by atoms with E-state index in [0.717, 1.165) is 29.7 Å². The number of rotatable bonds is 2. The van der Waals surface area contributed by atoms with Crippen LogP contribution in [0.25, 0.3) is 5.00 Å². The maximum Gasteiger partial charge on any atom is 0.190 e. The highest BCUT2D eigenvalue weighted by atomic mass is 32.1. The van der Waals surface area contributed by atoms with Crippen LogP contribution in [-0.4, -0.2) is 25.5 Å². The Bertz CT molecular complexity index is 1180. The number of aryl methyl sites for hydroxylation is 4. The maximum atomic E-state index is 4.92. The summed E-state index contributed by atoms with van der Waals surface area (Å²) in [6.45, 7) is 10.9. The van der Waals surface area contributed by atoms with E-state index in [1.54, 1.807) is 30.7 Å². The SMILES string of the molecule is CCc1ccc(C2=NCc3nnc(C)n3-c3sc(C)c(C)c32)cc1.Cc1ncco1. The quantitative estimate of drug-likeness (QED) is 0.450. The highest BCUT2D eigenvalue weighted by Crippen LogP contribution is 2.36. The predicted octanol–water partition coefficient (Wildman–Crippen LogP) is 5.15. The average molecular weight is 420 g/mol. The number of aromatic nitrogens is 4. The molecule has 0 fully saturated rings. The van der Waals surface area contributed by atoms with E-state index >= 15 is 0 Å². The second kappa shape index (κ2) is 8.36. The van der Waals surface area contributed by atoms with Crippen molar-refractivity contribution in [2.75, 3.05) is 0 Å². The molecule has 154 valence electrons. The molecule has 0 spiro atoms. The molecule has 0 atom stereocenters. The Morgan fingerprint density at radius 3 is 2.43 bits per heavy atom. The van der Waals surface area contributed by atoms with Gasteiger partial charge in [-0.2, -0.15) is 0 Å². The number of nitrogens with zero attached hydrogens (tertiary/aromatic N) is 5. The third-order valence-corrected chi connectivity index (χ3v) is 6.46. The minimum absolute atomic E-state index is 0.561. The zero-order chi connectivity index (χ0) is 21.3. The lowest BCUT2D eigenvalue weighted by atomic mass is 9.98. The van der Waals surface area contributed by atoms with E-state index in [1.807, 2.05) is 6.92 Å². The number of oxazole rings is 1. The average Bonchev–Trinajstić information content (AvgIpc) is 3.41. The first-order chi connectivity index (χ1) is 14.5. The van der Waals surface area contributed by atoms with E-state index in [1.165, 1.54) is 32.1 Å². The fourth-order valence-electron chi connectivity index (χ4n) is 3.48. The van der Waals surface area contributed by atoms with Gasteiger partial charge in [0.1, 0.15) is 23.6 Å². The number of fused-ring (bicyclic) bond motifs is 3. The summed E-state index contributed by atoms with van der Waals surface area (Å²) >= 11 is 1.80. The van der Waals surface area contributed by atoms with Crippen molar-refractivity contribution >= 4 is 17.0 Å². The predicted molar refractivity (Wildman–Crippen MR) is 120 cm³/mol. The number of thiophene rings is 1. The summed E-state index contributed by atoms with van der Waals surface area (Å²) in [6, 6.07) is 8.77. The highest BCUT2D eigenvalue weighted by Gasteiger charge is 2.26. The Hall–Kier alpha value is -3.06. The van der Waals surface area contributed by atoms with Gasteiger partial charge in [0.05, 0.1) is 11.9 Å². The molecule has 0 unspecified atom stereocenters. The maximum absolute atomic E-state index is 4.92. The number of hydrogen-bond acceptors (Lipinski definition) is 6. The summed E-state index contributed by atoms with van der Waals surface area (Å²) in [4.78, 5) is 9.99. The lowest BCUT2D eigenvalue weighted by Gasteiger charge is -2.09. The Morgan fingerprint density at radius 2 is 1.83 bits per heavy atom. The molecule has 0 saturated carbocycles. The van der Waals surface area contributed by atoms with Gasteiger partial charge >= 0.3 is 0 Å². The summed E-state index contributed by atoms with van der Waals surface area (Å²) in [7, 11) is 0. The van der Waals surface area contributed by atoms with Crippen molar-refractivity contribution in [1.82, 2.24) is 19.7 Å². The molecule has 1 aromatic carbocycles. The largest absolute Gasteiger partial charge is 0.449 e. The molecule has 0 amide bonds. The minimum atomic E-state index is 0.561. The van der Waals surface area contributed by atoms with E-state index in [9.17, 15) is 0 Å². The summed E-state index contributed by atoms with van der Waals surface area (Å²) < 4.78 is 6.89. The first-order valence-electron chi connectivity index (χ1n) is 10.0. The molecule has 1 aliphatic heterocycles. The number of hydrogen-bond donors (Lipinski definition) is 0. The molecule has 0 N–H and O–H groups in total. The van der Waals surface area contributed by atoms with Gasteiger partial charge < -0.3 is 4.42 Å². The lowest BCUT2D eigenvalue weighted by Crippen LogP contribution is -2.07. The summed E-state index contributed by atoms with van der Waals surface area (Å²) in [5.74, 6) is 2.55. The van der Waals surface area contributed by atoms with Crippen LogP contribution in [0.3, 0.4) is 0 Å². The molecule has 5 rings (SSSR count). The van der Waals surface area contributed by atoms with Crippen molar-refractivity contribution in [1.29, 1.82) is 0 Å². The molecule has 30 heavy (non-hydrogen) atoms. The van der Waals surface area contributed by atoms with Crippen LogP contribution in [0.4, 0.5) is 0 Å². The van der Waals surface area contributed by atoms with Gasteiger partial charge in [-0.1, -0.05) is 31.2 Å². The van der Waals surface area contributed by atoms with Gasteiger partial charge in [-0.3, -0.25) is 9.56 Å². The van der Waals surface area contributed by atoms with Crippen molar-refractivity contribution < 1.29 is 4.42 Å². The van der Waals surface area contributed by atoms with Crippen LogP contribution in [0.2, 0.25) is 0 Å². The van der Waals surface area contributed by atoms with Gasteiger partial charge in [0, 0.05) is 22.9 Å². The van der Waals surface area contributed by atoms with E-state index < -0.39 is 0 Å². The van der Waals surface area contributed by atoms with Crippen LogP contribution in [0.15, 0.2) is 46.1 Å². The van der Waals surface area contributed by atoms with Crippen molar-refractivity contribution in [3.05, 3.63) is 81.4 Å². The van der Waals surface area contributed by atoms with E-state index in [0.29, 0.717) is 6.54 Å². The first-order valence-corrected chi connectivity index (χ1v) is 10.8. The van der Waals surface area contributed by atoms with Crippen LogP contribution >= 0.6 is 11.3 Å². The van der Waals surface area contributed by atoms with Gasteiger partial charge in [-0.15, -0.1) is 21.5 Å². The van der Waals surface area contributed by atoms with E-state index in [2.05, 4.69) is 64.8 Å². The summed E-state index contributed by atoms with van der Waals surface area (Å²) in [5.41, 5.74) is 6.11. The zero-order valence-corrected chi connectivity index (χ0v) is 18.7. The minimum Gasteiger partial charge on any atom is -0.449 e. The summed E-state index contributed by atoms with van der Waals surface area (Å²) in [5, 5.41) is 9.76. The topological polar surface area (TPSA) is 69.1 Å². The van der Waals surface area contributed by atoms with Gasteiger partial charge in [-0.05, 0) is 38.3 Å². The van der Waals surface area contributed by atoms with Crippen molar-refractivity contribution in [2.24, 2.45) is 4.99 Å². The first kappa shape index (κ1) is 20.2. The van der Waals surface area contributed by atoms with E-state index in [-0.39, 0.29) is 0 Å². The van der Waals surface area contributed by atoms with Crippen molar-refractivity contribution in [2.45, 2.75) is 47.6 Å². The van der Waals surface area contributed by atoms with Gasteiger partial charge in [0.25, 0.3) is 0 Å². The molecule has 3 aromatic heterocycles. The molecular weight excluding hydrogens is 394 g/mol. The van der Waals surface area contributed by atoms with Crippen LogP contribution in [0.5, 0.6) is 0 Å². The molecule has 6 nitrogen and oxygen atoms in total. The van der Waals surface area contributed by atoms with E-state index in [4.69, 9.17) is 9.41 Å². The van der Waals surface area contributed by atoms with Gasteiger partial charge in [0.2, 0.25) is 0 Å². The highest BCUT2D eigenvalue weighted by molar-refractivity contribution is 7.15. The monoisotopic (exact) mass is 419 g/mol.